The molecule has 7 nitrogen and oxygen atoms in total. The molecule has 3 N–H and O–H groups in total. The minimum atomic E-state index is -0.0857. The number of carbonyl (C=O) groups excluding carboxylic acids is 1. The Balaban J connectivity index is 1.48. The van der Waals surface area contributed by atoms with Crippen LogP contribution in [0.25, 0.3) is 0 Å². The Morgan fingerprint density at radius 1 is 1.24 bits per heavy atom. The van der Waals surface area contributed by atoms with Crippen molar-refractivity contribution in [3.8, 4) is 0 Å². The lowest BCUT2D eigenvalue weighted by atomic mass is 10.2. The quantitative estimate of drug-likeness (QED) is 0.368. The van der Waals surface area contributed by atoms with Crippen molar-refractivity contribution < 1.29 is 4.79 Å². The number of hydrogen-bond acceptors (Lipinski definition) is 4. The lowest BCUT2D eigenvalue weighted by molar-refractivity contribution is 0.0955. The van der Waals surface area contributed by atoms with Crippen molar-refractivity contribution in [2.45, 2.75) is 19.4 Å². The Hall–Kier alpha value is -2.80. The van der Waals surface area contributed by atoms with Crippen molar-refractivity contribution in [3.05, 3.63) is 59.2 Å². The van der Waals surface area contributed by atoms with Crippen LogP contribution in [0.5, 0.6) is 0 Å². The molecule has 1 aromatic heterocycles. The highest BCUT2D eigenvalue weighted by molar-refractivity contribution is 6.32. The highest BCUT2D eigenvalue weighted by Gasteiger charge is 2.25. The van der Waals surface area contributed by atoms with Crippen LogP contribution in [0.15, 0.2) is 53.7 Å². The molecule has 29 heavy (non-hydrogen) atoms. The van der Waals surface area contributed by atoms with E-state index in [0.29, 0.717) is 23.7 Å². The number of benzene rings is 1. The predicted molar refractivity (Wildman–Crippen MR) is 118 cm³/mol. The normalized spacial score (nSPS) is 16.6. The highest BCUT2D eigenvalue weighted by Crippen LogP contribution is 2.25. The van der Waals surface area contributed by atoms with Gasteiger partial charge in [0, 0.05) is 44.0 Å². The zero-order valence-electron chi connectivity index (χ0n) is 16.6. The van der Waals surface area contributed by atoms with Crippen molar-refractivity contribution in [2.24, 2.45) is 4.99 Å². The molecule has 1 aromatic carbocycles. The molecular weight excluding hydrogens is 388 g/mol. The lowest BCUT2D eigenvalue weighted by Gasteiger charge is -2.20. The molecule has 1 fully saturated rings. The van der Waals surface area contributed by atoms with E-state index in [4.69, 9.17) is 11.6 Å². The summed E-state index contributed by atoms with van der Waals surface area (Å²) in [5, 5.41) is 10.3. The number of nitrogens with one attached hydrogen (secondary N) is 3. The van der Waals surface area contributed by atoms with Gasteiger partial charge >= 0.3 is 0 Å². The van der Waals surface area contributed by atoms with Gasteiger partial charge in [0.25, 0.3) is 5.91 Å². The molecule has 8 heteroatoms. The number of guanidine groups is 1. The smallest absolute Gasteiger partial charge is 0.251 e. The Kier molecular flexibility index (Phi) is 7.69. The van der Waals surface area contributed by atoms with Gasteiger partial charge in [-0.15, -0.1) is 0 Å². The van der Waals surface area contributed by atoms with E-state index in [9.17, 15) is 4.79 Å². The van der Waals surface area contributed by atoms with Crippen LogP contribution in [0.3, 0.4) is 0 Å². The Morgan fingerprint density at radius 3 is 2.83 bits per heavy atom. The molecule has 0 spiro atoms. The van der Waals surface area contributed by atoms with Gasteiger partial charge in [-0.2, -0.15) is 0 Å². The highest BCUT2D eigenvalue weighted by atomic mass is 35.5. The number of aromatic nitrogens is 1. The van der Waals surface area contributed by atoms with Gasteiger partial charge in [0.2, 0.25) is 0 Å². The molecule has 1 unspecified atom stereocenters. The molecular formula is C21H27ClN6O. The first-order valence-corrected chi connectivity index (χ1v) is 10.3. The number of amides is 1. The fraction of sp³-hybridized carbons (Fsp3) is 0.381. The number of nitrogens with zero attached hydrogens (tertiary/aromatic N) is 3. The zero-order chi connectivity index (χ0) is 20.5. The average Bonchev–Trinajstić information content (AvgIpc) is 3.20. The van der Waals surface area contributed by atoms with Gasteiger partial charge in [0.05, 0.1) is 11.6 Å². The van der Waals surface area contributed by atoms with Crippen LogP contribution < -0.4 is 20.9 Å². The summed E-state index contributed by atoms with van der Waals surface area (Å²) >= 11 is 6.27. The van der Waals surface area contributed by atoms with Crippen LogP contribution in [0.4, 0.5) is 5.82 Å². The third-order valence-corrected chi connectivity index (χ3v) is 4.91. The number of hydrogen-bond donors (Lipinski definition) is 3. The largest absolute Gasteiger partial charge is 0.357 e. The molecule has 1 aliphatic rings. The first-order valence-electron chi connectivity index (χ1n) is 9.91. The lowest BCUT2D eigenvalue weighted by Crippen LogP contribution is -2.45. The number of pyridine rings is 1. The van der Waals surface area contributed by atoms with E-state index in [0.717, 1.165) is 37.8 Å². The second-order valence-corrected chi connectivity index (χ2v) is 7.17. The third kappa shape index (κ3) is 6.09. The molecule has 1 amide bonds. The van der Waals surface area contributed by atoms with Gasteiger partial charge < -0.3 is 20.9 Å². The minimum Gasteiger partial charge on any atom is -0.357 e. The first-order chi connectivity index (χ1) is 14.2. The van der Waals surface area contributed by atoms with E-state index in [2.05, 4.69) is 30.8 Å². The van der Waals surface area contributed by atoms with Gasteiger partial charge in [-0.25, -0.2) is 4.98 Å². The average molecular weight is 415 g/mol. The number of carbonyl (C=O) groups is 1. The predicted octanol–water partition coefficient (Wildman–Crippen LogP) is 2.30. The van der Waals surface area contributed by atoms with Gasteiger partial charge in [-0.3, -0.25) is 9.79 Å². The summed E-state index contributed by atoms with van der Waals surface area (Å²) in [6.45, 7) is 5.47. The topological polar surface area (TPSA) is 81.6 Å². The molecule has 1 aliphatic heterocycles. The molecule has 2 heterocycles. The molecule has 1 atom stereocenters. The van der Waals surface area contributed by atoms with E-state index < -0.39 is 0 Å². The molecule has 2 aromatic rings. The molecule has 3 rings (SSSR count). The maximum absolute atomic E-state index is 12.1. The van der Waals surface area contributed by atoms with Crippen molar-refractivity contribution >= 4 is 29.3 Å². The van der Waals surface area contributed by atoms with Gasteiger partial charge in [0.1, 0.15) is 5.82 Å². The van der Waals surface area contributed by atoms with E-state index in [1.54, 1.807) is 18.3 Å². The number of rotatable bonds is 7. The van der Waals surface area contributed by atoms with E-state index in [1.807, 2.05) is 37.3 Å². The fourth-order valence-electron chi connectivity index (χ4n) is 3.22. The summed E-state index contributed by atoms with van der Waals surface area (Å²) in [5.74, 6) is 1.49. The molecule has 0 radical (unpaired) electrons. The third-order valence-electron chi connectivity index (χ3n) is 4.62. The van der Waals surface area contributed by atoms with Crippen LogP contribution in [0, 0.1) is 0 Å². The van der Waals surface area contributed by atoms with Crippen molar-refractivity contribution in [3.63, 3.8) is 0 Å². The Labute approximate surface area is 176 Å². The summed E-state index contributed by atoms with van der Waals surface area (Å²) in [6, 6.07) is 13.1. The second kappa shape index (κ2) is 10.7. The Bertz CT molecular complexity index is 829. The molecule has 1 saturated heterocycles. The van der Waals surface area contributed by atoms with Crippen molar-refractivity contribution in [1.29, 1.82) is 0 Å². The van der Waals surface area contributed by atoms with E-state index in [1.165, 1.54) is 0 Å². The van der Waals surface area contributed by atoms with Gasteiger partial charge in [-0.1, -0.05) is 29.8 Å². The minimum absolute atomic E-state index is 0.0857. The SMILES string of the molecule is CCNC(=NCCNC(=O)c1ccccc1)NC1CCN(c2ncccc2Cl)C1. The van der Waals surface area contributed by atoms with Crippen LogP contribution in [-0.4, -0.2) is 55.6 Å². The zero-order valence-corrected chi connectivity index (χ0v) is 17.3. The molecule has 0 saturated carbocycles. The summed E-state index contributed by atoms with van der Waals surface area (Å²) in [6.07, 6.45) is 2.74. The fourth-order valence-corrected chi connectivity index (χ4v) is 3.46. The Morgan fingerprint density at radius 2 is 2.07 bits per heavy atom. The van der Waals surface area contributed by atoms with E-state index in [-0.39, 0.29) is 11.9 Å². The van der Waals surface area contributed by atoms with E-state index >= 15 is 0 Å². The van der Waals surface area contributed by atoms with Crippen molar-refractivity contribution in [2.75, 3.05) is 37.6 Å². The van der Waals surface area contributed by atoms with Crippen LogP contribution in [0.2, 0.25) is 5.02 Å². The second-order valence-electron chi connectivity index (χ2n) is 6.77. The molecule has 0 bridgehead atoms. The van der Waals surface area contributed by atoms with Gasteiger partial charge in [0.15, 0.2) is 5.96 Å². The number of aliphatic imine (C=N–C) groups is 1. The monoisotopic (exact) mass is 414 g/mol. The summed E-state index contributed by atoms with van der Waals surface area (Å²) in [4.78, 5) is 23.2. The van der Waals surface area contributed by atoms with Crippen LogP contribution in [-0.2, 0) is 0 Å². The molecule has 154 valence electrons. The van der Waals surface area contributed by atoms with Crippen LogP contribution >= 0.6 is 11.6 Å². The summed E-state index contributed by atoms with van der Waals surface area (Å²) < 4.78 is 0. The summed E-state index contributed by atoms with van der Waals surface area (Å²) in [7, 11) is 0. The van der Waals surface area contributed by atoms with Crippen LogP contribution in [0.1, 0.15) is 23.7 Å². The first kappa shape index (κ1) is 20.9. The van der Waals surface area contributed by atoms with Gasteiger partial charge in [-0.05, 0) is 37.6 Å². The number of anilines is 1. The number of halogens is 1. The molecule has 0 aliphatic carbocycles. The van der Waals surface area contributed by atoms with Crippen molar-refractivity contribution in [1.82, 2.24) is 20.9 Å². The maximum atomic E-state index is 12.1. The summed E-state index contributed by atoms with van der Waals surface area (Å²) in [5.41, 5.74) is 0.653. The maximum Gasteiger partial charge on any atom is 0.251 e. The standard InChI is InChI=1S/C21H27ClN6O/c1-2-23-21(26-13-12-25-20(29)16-7-4-3-5-8-16)27-17-10-14-28(15-17)19-18(22)9-6-11-24-19/h3-9,11,17H,2,10,12-15H2,1H3,(H,25,29)(H2,23,26,27).